The minimum Gasteiger partial charge on any atom is -0.467 e. The van der Waals surface area contributed by atoms with Gasteiger partial charge in [0, 0.05) is 5.69 Å². The summed E-state index contributed by atoms with van der Waals surface area (Å²) >= 11 is 0. The first kappa shape index (κ1) is 13.5. The van der Waals surface area contributed by atoms with Crippen LogP contribution in [0.4, 0.5) is 10.1 Å². The van der Waals surface area contributed by atoms with Gasteiger partial charge in [-0.1, -0.05) is 13.8 Å². The summed E-state index contributed by atoms with van der Waals surface area (Å²) in [5.41, 5.74) is 0.711. The molecule has 0 spiro atoms. The summed E-state index contributed by atoms with van der Waals surface area (Å²) in [7, 11) is 1.36. The number of carbonyl (C=O) groups excluding carboxylic acids is 1. The Hall–Kier alpha value is -1.58. The lowest BCUT2D eigenvalue weighted by Crippen LogP contribution is -2.32. The summed E-state index contributed by atoms with van der Waals surface area (Å²) in [5, 5.41) is 3.05. The normalized spacial score (nSPS) is 12.3. The molecule has 1 rings (SSSR count). The molecule has 0 aliphatic carbocycles. The molecule has 94 valence electrons. The van der Waals surface area contributed by atoms with Gasteiger partial charge in [0.1, 0.15) is 11.9 Å². The predicted molar refractivity (Wildman–Crippen MR) is 65.3 cm³/mol. The molecule has 4 heteroatoms. The molecule has 1 unspecified atom stereocenters. The topological polar surface area (TPSA) is 38.3 Å². The van der Waals surface area contributed by atoms with E-state index in [9.17, 15) is 9.18 Å². The number of nitrogens with one attached hydrogen (secondary N) is 1. The van der Waals surface area contributed by atoms with Crippen molar-refractivity contribution in [2.75, 3.05) is 12.4 Å². The molecule has 17 heavy (non-hydrogen) atoms. The molecule has 0 aromatic heterocycles. The van der Waals surface area contributed by atoms with Crippen LogP contribution in [-0.4, -0.2) is 19.1 Å². The molecule has 0 saturated heterocycles. The van der Waals surface area contributed by atoms with Crippen molar-refractivity contribution in [1.29, 1.82) is 0 Å². The van der Waals surface area contributed by atoms with Gasteiger partial charge in [-0.25, -0.2) is 9.18 Å². The van der Waals surface area contributed by atoms with Crippen molar-refractivity contribution in [3.05, 3.63) is 30.1 Å². The highest BCUT2D eigenvalue weighted by Gasteiger charge is 2.20. The van der Waals surface area contributed by atoms with Crippen LogP contribution in [-0.2, 0) is 9.53 Å². The third kappa shape index (κ3) is 4.43. The SMILES string of the molecule is COC(=O)C(CC(C)C)Nc1ccc(F)cc1. The number of methoxy groups -OCH3 is 1. The van der Waals surface area contributed by atoms with E-state index in [1.54, 1.807) is 12.1 Å². The highest BCUT2D eigenvalue weighted by Crippen LogP contribution is 2.14. The molecule has 0 aliphatic heterocycles. The van der Waals surface area contributed by atoms with Crippen LogP contribution in [0.25, 0.3) is 0 Å². The molecule has 1 atom stereocenters. The maximum atomic E-state index is 12.7. The summed E-state index contributed by atoms with van der Waals surface area (Å²) in [4.78, 5) is 11.6. The summed E-state index contributed by atoms with van der Waals surface area (Å²) in [6.07, 6.45) is 0.671. The minimum atomic E-state index is -0.398. The summed E-state index contributed by atoms with van der Waals surface area (Å²) in [5.74, 6) is -0.232. The minimum absolute atomic E-state index is 0.297. The number of carbonyl (C=O) groups is 1. The van der Waals surface area contributed by atoms with Crippen LogP contribution in [0.5, 0.6) is 0 Å². The Balaban J connectivity index is 2.71. The van der Waals surface area contributed by atoms with Gasteiger partial charge in [-0.15, -0.1) is 0 Å². The van der Waals surface area contributed by atoms with E-state index in [0.717, 1.165) is 0 Å². The molecule has 1 aromatic carbocycles. The number of halogens is 1. The van der Waals surface area contributed by atoms with Crippen LogP contribution in [0, 0.1) is 11.7 Å². The first-order chi connectivity index (χ1) is 8.02. The van der Waals surface area contributed by atoms with Gasteiger partial charge in [-0.3, -0.25) is 0 Å². The molecular formula is C13H18FNO2. The third-order valence-corrected chi connectivity index (χ3v) is 2.38. The van der Waals surface area contributed by atoms with E-state index in [4.69, 9.17) is 4.74 Å². The fourth-order valence-electron chi connectivity index (χ4n) is 1.58. The largest absolute Gasteiger partial charge is 0.467 e. The monoisotopic (exact) mass is 239 g/mol. The van der Waals surface area contributed by atoms with Crippen LogP contribution in [0.2, 0.25) is 0 Å². The van der Waals surface area contributed by atoms with Gasteiger partial charge in [0.05, 0.1) is 7.11 Å². The maximum Gasteiger partial charge on any atom is 0.328 e. The van der Waals surface area contributed by atoms with E-state index < -0.39 is 6.04 Å². The summed E-state index contributed by atoms with van der Waals surface area (Å²) in [6, 6.07) is 5.51. The zero-order chi connectivity index (χ0) is 12.8. The number of rotatable bonds is 5. The van der Waals surface area contributed by atoms with Crippen molar-refractivity contribution >= 4 is 11.7 Å². The van der Waals surface area contributed by atoms with E-state index in [1.165, 1.54) is 19.2 Å². The lowest BCUT2D eigenvalue weighted by molar-refractivity contribution is -0.141. The molecule has 1 aromatic rings. The van der Waals surface area contributed by atoms with Crippen molar-refractivity contribution in [3.63, 3.8) is 0 Å². The van der Waals surface area contributed by atoms with Crippen molar-refractivity contribution in [2.45, 2.75) is 26.3 Å². The molecule has 0 bridgehead atoms. The highest BCUT2D eigenvalue weighted by molar-refractivity contribution is 5.79. The van der Waals surface area contributed by atoms with Gasteiger partial charge in [-0.05, 0) is 36.6 Å². The molecule has 1 N–H and O–H groups in total. The second kappa shape index (κ2) is 6.23. The number of ether oxygens (including phenoxy) is 1. The molecule has 0 amide bonds. The summed E-state index contributed by atoms with van der Waals surface area (Å²) < 4.78 is 17.5. The number of benzene rings is 1. The molecule has 3 nitrogen and oxygen atoms in total. The number of anilines is 1. The van der Waals surface area contributed by atoms with Gasteiger partial charge >= 0.3 is 5.97 Å². The van der Waals surface area contributed by atoms with Crippen molar-refractivity contribution in [2.24, 2.45) is 5.92 Å². The van der Waals surface area contributed by atoms with E-state index in [1.807, 2.05) is 13.8 Å². The zero-order valence-electron chi connectivity index (χ0n) is 10.4. The van der Waals surface area contributed by atoms with Gasteiger partial charge in [-0.2, -0.15) is 0 Å². The van der Waals surface area contributed by atoms with E-state index in [-0.39, 0.29) is 11.8 Å². The maximum absolute atomic E-state index is 12.7. The molecule has 0 radical (unpaired) electrons. The van der Waals surface area contributed by atoms with Gasteiger partial charge in [0.15, 0.2) is 0 Å². The Morgan fingerprint density at radius 1 is 1.35 bits per heavy atom. The van der Waals surface area contributed by atoms with Gasteiger partial charge in [0.25, 0.3) is 0 Å². The Kier molecular flexibility index (Phi) is 4.94. The molecule has 0 saturated carbocycles. The molecule has 0 aliphatic rings. The van der Waals surface area contributed by atoms with Crippen molar-refractivity contribution in [3.8, 4) is 0 Å². The van der Waals surface area contributed by atoms with Crippen molar-refractivity contribution in [1.82, 2.24) is 0 Å². The Labute approximate surface area is 101 Å². The van der Waals surface area contributed by atoms with Crippen molar-refractivity contribution < 1.29 is 13.9 Å². The second-order valence-electron chi connectivity index (χ2n) is 4.36. The average molecular weight is 239 g/mol. The van der Waals surface area contributed by atoms with E-state index >= 15 is 0 Å². The average Bonchev–Trinajstić information content (AvgIpc) is 2.29. The van der Waals surface area contributed by atoms with Crippen LogP contribution >= 0.6 is 0 Å². The Morgan fingerprint density at radius 2 is 1.94 bits per heavy atom. The highest BCUT2D eigenvalue weighted by atomic mass is 19.1. The Bertz CT molecular complexity index is 362. The smallest absolute Gasteiger partial charge is 0.328 e. The third-order valence-electron chi connectivity index (χ3n) is 2.38. The molecule has 0 fully saturated rings. The first-order valence-corrected chi connectivity index (χ1v) is 5.63. The van der Waals surface area contributed by atoms with Crippen LogP contribution in [0.3, 0.4) is 0 Å². The van der Waals surface area contributed by atoms with E-state index in [0.29, 0.717) is 18.0 Å². The zero-order valence-corrected chi connectivity index (χ0v) is 10.4. The number of esters is 1. The lowest BCUT2D eigenvalue weighted by atomic mass is 10.0. The fourth-order valence-corrected chi connectivity index (χ4v) is 1.58. The molecule has 0 heterocycles. The van der Waals surface area contributed by atoms with E-state index in [2.05, 4.69) is 5.32 Å². The quantitative estimate of drug-likeness (QED) is 0.803. The van der Waals surface area contributed by atoms with Crippen LogP contribution in [0.15, 0.2) is 24.3 Å². The van der Waals surface area contributed by atoms with Gasteiger partial charge in [0.2, 0.25) is 0 Å². The molecular weight excluding hydrogens is 221 g/mol. The van der Waals surface area contributed by atoms with Crippen LogP contribution < -0.4 is 5.32 Å². The lowest BCUT2D eigenvalue weighted by Gasteiger charge is -2.19. The van der Waals surface area contributed by atoms with Crippen LogP contribution in [0.1, 0.15) is 20.3 Å². The number of hydrogen-bond acceptors (Lipinski definition) is 3. The first-order valence-electron chi connectivity index (χ1n) is 5.63. The fraction of sp³-hybridized carbons (Fsp3) is 0.462. The van der Waals surface area contributed by atoms with Gasteiger partial charge < -0.3 is 10.1 Å². The predicted octanol–water partition coefficient (Wildman–Crippen LogP) is 2.83. The number of hydrogen-bond donors (Lipinski definition) is 1. The second-order valence-corrected chi connectivity index (χ2v) is 4.36. The summed E-state index contributed by atoms with van der Waals surface area (Å²) in [6.45, 7) is 4.06. The Morgan fingerprint density at radius 3 is 2.41 bits per heavy atom. The standard InChI is InChI=1S/C13H18FNO2/c1-9(2)8-12(13(16)17-3)15-11-6-4-10(14)5-7-11/h4-7,9,12,15H,8H2,1-3H3.